The SMILES string of the molecule is Cc1ccc(NC(=O)c2cccc(I)c2)c(F)c1. The van der Waals surface area contributed by atoms with Crippen LogP contribution < -0.4 is 5.32 Å². The zero-order chi connectivity index (χ0) is 13.1. The van der Waals surface area contributed by atoms with E-state index in [-0.39, 0.29) is 11.6 Å². The van der Waals surface area contributed by atoms with Gasteiger partial charge in [-0.1, -0.05) is 12.1 Å². The Morgan fingerprint density at radius 3 is 2.67 bits per heavy atom. The minimum absolute atomic E-state index is 0.199. The topological polar surface area (TPSA) is 29.1 Å². The van der Waals surface area contributed by atoms with Crippen LogP contribution in [0.2, 0.25) is 0 Å². The number of hydrogen-bond donors (Lipinski definition) is 1. The minimum atomic E-state index is -0.422. The molecule has 0 radical (unpaired) electrons. The first-order chi connectivity index (χ1) is 8.56. The first-order valence-corrected chi connectivity index (χ1v) is 6.47. The maximum absolute atomic E-state index is 13.6. The van der Waals surface area contributed by atoms with Crippen LogP contribution in [0.4, 0.5) is 10.1 Å². The van der Waals surface area contributed by atoms with Crippen LogP contribution in [0.5, 0.6) is 0 Å². The number of nitrogens with one attached hydrogen (secondary N) is 1. The van der Waals surface area contributed by atoms with Crippen molar-refractivity contribution >= 4 is 34.2 Å². The van der Waals surface area contributed by atoms with Gasteiger partial charge in [0.2, 0.25) is 0 Å². The van der Waals surface area contributed by atoms with Crippen LogP contribution in [0.15, 0.2) is 42.5 Å². The number of anilines is 1. The molecule has 92 valence electrons. The van der Waals surface area contributed by atoms with Gasteiger partial charge in [0.15, 0.2) is 0 Å². The van der Waals surface area contributed by atoms with E-state index in [9.17, 15) is 9.18 Å². The Kier molecular flexibility index (Phi) is 3.96. The predicted molar refractivity (Wildman–Crippen MR) is 78.2 cm³/mol. The molecule has 0 unspecified atom stereocenters. The minimum Gasteiger partial charge on any atom is -0.319 e. The molecule has 4 heteroatoms. The molecule has 0 fully saturated rings. The van der Waals surface area contributed by atoms with Gasteiger partial charge in [0.25, 0.3) is 5.91 Å². The van der Waals surface area contributed by atoms with Gasteiger partial charge < -0.3 is 5.32 Å². The van der Waals surface area contributed by atoms with Crippen molar-refractivity contribution in [2.24, 2.45) is 0 Å². The molecule has 0 aromatic heterocycles. The molecule has 0 aliphatic carbocycles. The summed E-state index contributed by atoms with van der Waals surface area (Å²) in [4.78, 5) is 11.9. The lowest BCUT2D eigenvalue weighted by Gasteiger charge is -2.07. The summed E-state index contributed by atoms with van der Waals surface area (Å²) in [6.07, 6.45) is 0. The van der Waals surface area contributed by atoms with Gasteiger partial charge in [0.1, 0.15) is 5.82 Å². The van der Waals surface area contributed by atoms with Gasteiger partial charge in [-0.2, -0.15) is 0 Å². The van der Waals surface area contributed by atoms with Crippen molar-refractivity contribution in [3.8, 4) is 0 Å². The summed E-state index contributed by atoms with van der Waals surface area (Å²) in [5.74, 6) is -0.731. The van der Waals surface area contributed by atoms with Crippen LogP contribution in [-0.4, -0.2) is 5.91 Å². The number of benzene rings is 2. The van der Waals surface area contributed by atoms with Gasteiger partial charge >= 0.3 is 0 Å². The maximum Gasteiger partial charge on any atom is 0.255 e. The molecule has 2 aromatic rings. The summed E-state index contributed by atoms with van der Waals surface area (Å²) in [7, 11) is 0. The Labute approximate surface area is 118 Å². The van der Waals surface area contributed by atoms with E-state index < -0.39 is 5.82 Å². The van der Waals surface area contributed by atoms with Crippen molar-refractivity contribution in [1.29, 1.82) is 0 Å². The molecule has 0 bridgehead atoms. The average Bonchev–Trinajstić information content (AvgIpc) is 2.32. The highest BCUT2D eigenvalue weighted by Crippen LogP contribution is 2.17. The number of aryl methyl sites for hydroxylation is 1. The van der Waals surface area contributed by atoms with Gasteiger partial charge in [0, 0.05) is 9.13 Å². The molecule has 0 atom stereocenters. The van der Waals surface area contributed by atoms with Gasteiger partial charge in [0.05, 0.1) is 5.69 Å². The van der Waals surface area contributed by atoms with E-state index in [1.165, 1.54) is 6.07 Å². The van der Waals surface area contributed by atoms with E-state index >= 15 is 0 Å². The number of carbonyl (C=O) groups is 1. The molecule has 0 aliphatic rings. The van der Waals surface area contributed by atoms with E-state index in [1.54, 1.807) is 37.3 Å². The van der Waals surface area contributed by atoms with Crippen molar-refractivity contribution < 1.29 is 9.18 Å². The summed E-state index contributed by atoms with van der Waals surface area (Å²) in [5, 5.41) is 2.56. The predicted octanol–water partition coefficient (Wildman–Crippen LogP) is 3.99. The fourth-order valence-corrected chi connectivity index (χ4v) is 2.09. The standard InChI is InChI=1S/C14H11FINO/c1-9-5-6-13(12(15)7-9)17-14(18)10-3-2-4-11(16)8-10/h2-8H,1H3,(H,17,18). The largest absolute Gasteiger partial charge is 0.319 e. The van der Waals surface area contributed by atoms with Crippen molar-refractivity contribution in [2.75, 3.05) is 5.32 Å². The lowest BCUT2D eigenvalue weighted by molar-refractivity contribution is 0.102. The first kappa shape index (κ1) is 13.0. The van der Waals surface area contributed by atoms with Crippen LogP contribution in [0.1, 0.15) is 15.9 Å². The third-order valence-corrected chi connectivity index (χ3v) is 3.13. The Hall–Kier alpha value is -1.43. The number of hydrogen-bond acceptors (Lipinski definition) is 1. The Balaban J connectivity index is 2.21. The van der Waals surface area contributed by atoms with E-state index in [2.05, 4.69) is 27.9 Å². The van der Waals surface area contributed by atoms with E-state index in [1.807, 2.05) is 6.07 Å². The van der Waals surface area contributed by atoms with Gasteiger partial charge in [-0.3, -0.25) is 4.79 Å². The molecule has 0 saturated heterocycles. The average molecular weight is 355 g/mol. The summed E-state index contributed by atoms with van der Waals surface area (Å²) < 4.78 is 14.6. The fourth-order valence-electron chi connectivity index (χ4n) is 1.55. The van der Waals surface area contributed by atoms with Crippen LogP contribution in [0.25, 0.3) is 0 Å². The summed E-state index contributed by atoms with van der Waals surface area (Å²) in [6.45, 7) is 1.80. The smallest absolute Gasteiger partial charge is 0.255 e. The highest BCUT2D eigenvalue weighted by atomic mass is 127. The number of halogens is 2. The van der Waals surface area contributed by atoms with E-state index in [4.69, 9.17) is 0 Å². The Morgan fingerprint density at radius 1 is 1.22 bits per heavy atom. The number of amides is 1. The second-order valence-corrected chi connectivity index (χ2v) is 5.19. The highest BCUT2D eigenvalue weighted by molar-refractivity contribution is 14.1. The molecule has 0 saturated carbocycles. The van der Waals surface area contributed by atoms with Crippen LogP contribution >= 0.6 is 22.6 Å². The number of rotatable bonds is 2. The van der Waals surface area contributed by atoms with Crippen molar-refractivity contribution in [1.82, 2.24) is 0 Å². The monoisotopic (exact) mass is 355 g/mol. The molecule has 1 N–H and O–H groups in total. The van der Waals surface area contributed by atoms with E-state index in [0.717, 1.165) is 9.13 Å². The highest BCUT2D eigenvalue weighted by Gasteiger charge is 2.09. The van der Waals surface area contributed by atoms with Gasteiger partial charge in [-0.05, 0) is 65.4 Å². The molecule has 2 nitrogen and oxygen atoms in total. The third-order valence-electron chi connectivity index (χ3n) is 2.46. The number of carbonyl (C=O) groups excluding carboxylic acids is 1. The lowest BCUT2D eigenvalue weighted by Crippen LogP contribution is -2.13. The molecular formula is C14H11FINO. The Morgan fingerprint density at radius 2 is 2.00 bits per heavy atom. The molecular weight excluding hydrogens is 344 g/mol. The molecule has 2 rings (SSSR count). The summed E-state index contributed by atoms with van der Waals surface area (Å²) in [6, 6.07) is 11.9. The van der Waals surface area contributed by atoms with Crippen molar-refractivity contribution in [3.05, 3.63) is 63.0 Å². The summed E-state index contributed by atoms with van der Waals surface area (Å²) in [5.41, 5.74) is 1.53. The fraction of sp³-hybridized carbons (Fsp3) is 0.0714. The first-order valence-electron chi connectivity index (χ1n) is 5.39. The summed E-state index contributed by atoms with van der Waals surface area (Å²) >= 11 is 2.13. The van der Waals surface area contributed by atoms with Crippen LogP contribution in [0.3, 0.4) is 0 Å². The second kappa shape index (κ2) is 5.48. The van der Waals surface area contributed by atoms with E-state index in [0.29, 0.717) is 5.56 Å². The molecule has 2 aromatic carbocycles. The lowest BCUT2D eigenvalue weighted by atomic mass is 10.2. The normalized spacial score (nSPS) is 10.2. The molecule has 0 aliphatic heterocycles. The maximum atomic E-state index is 13.6. The third kappa shape index (κ3) is 3.07. The zero-order valence-electron chi connectivity index (χ0n) is 9.71. The molecule has 0 spiro atoms. The zero-order valence-corrected chi connectivity index (χ0v) is 11.9. The van der Waals surface area contributed by atoms with Crippen LogP contribution in [0, 0.1) is 16.3 Å². The quantitative estimate of drug-likeness (QED) is 0.811. The van der Waals surface area contributed by atoms with Crippen molar-refractivity contribution in [2.45, 2.75) is 6.92 Å². The van der Waals surface area contributed by atoms with Crippen molar-refractivity contribution in [3.63, 3.8) is 0 Å². The van der Waals surface area contributed by atoms with Gasteiger partial charge in [-0.25, -0.2) is 4.39 Å². The van der Waals surface area contributed by atoms with Crippen LogP contribution in [-0.2, 0) is 0 Å². The molecule has 0 heterocycles. The Bertz CT molecular complexity index is 598. The second-order valence-electron chi connectivity index (χ2n) is 3.95. The van der Waals surface area contributed by atoms with Gasteiger partial charge in [-0.15, -0.1) is 0 Å². The molecule has 1 amide bonds. The molecule has 18 heavy (non-hydrogen) atoms.